The number of anilines is 2. The van der Waals surface area contributed by atoms with Gasteiger partial charge in [-0.15, -0.1) is 11.3 Å². The minimum atomic E-state index is -1.60. The quantitative estimate of drug-likeness (QED) is 0.497. The van der Waals surface area contributed by atoms with Crippen molar-refractivity contribution >= 4 is 40.4 Å². The highest BCUT2D eigenvalue weighted by Crippen LogP contribution is 2.32. The fraction of sp³-hybridized carbons (Fsp3) is 0.261. The van der Waals surface area contributed by atoms with Gasteiger partial charge in [0.2, 0.25) is 5.91 Å². The van der Waals surface area contributed by atoms with E-state index < -0.39 is 17.4 Å². The van der Waals surface area contributed by atoms with E-state index in [1.54, 1.807) is 52.7 Å². The van der Waals surface area contributed by atoms with Crippen molar-refractivity contribution in [1.29, 1.82) is 0 Å². The maximum Gasteiger partial charge on any atom is 0.313 e. The summed E-state index contributed by atoms with van der Waals surface area (Å²) in [5.74, 6) is -1.47. The van der Waals surface area contributed by atoms with E-state index in [2.05, 4.69) is 10.6 Å². The largest absolute Gasteiger partial charge is 0.466 e. The summed E-state index contributed by atoms with van der Waals surface area (Å²) in [7, 11) is 0. The van der Waals surface area contributed by atoms with Gasteiger partial charge in [-0.05, 0) is 54.6 Å². The standard InChI is InChI=1S/C23H23N3O5S/c1-15-8-9-16(13-17(15)26-10-2-7-20(26)27)25-22(29)21(28)24-14-23(30,18-5-3-11-31-18)19-6-4-12-32-19/h3-6,8-9,11-13,30H,2,7,10,14H2,1H3,(H,24,28)(H,25,29). The second-order valence-corrected chi connectivity index (χ2v) is 8.55. The van der Waals surface area contributed by atoms with Crippen LogP contribution in [0.3, 0.4) is 0 Å². The van der Waals surface area contributed by atoms with Crippen molar-refractivity contribution < 1.29 is 23.9 Å². The molecular weight excluding hydrogens is 430 g/mol. The van der Waals surface area contributed by atoms with Gasteiger partial charge in [-0.25, -0.2) is 0 Å². The Balaban J connectivity index is 1.44. The van der Waals surface area contributed by atoms with Crippen LogP contribution in [0.2, 0.25) is 0 Å². The Morgan fingerprint density at radius 2 is 2.06 bits per heavy atom. The van der Waals surface area contributed by atoms with Gasteiger partial charge in [-0.2, -0.15) is 0 Å². The van der Waals surface area contributed by atoms with Crippen molar-refractivity contribution in [3.63, 3.8) is 0 Å². The lowest BCUT2D eigenvalue weighted by molar-refractivity contribution is -0.136. The maximum absolute atomic E-state index is 12.5. The van der Waals surface area contributed by atoms with Gasteiger partial charge in [0, 0.05) is 29.2 Å². The van der Waals surface area contributed by atoms with Gasteiger partial charge in [0.15, 0.2) is 5.60 Å². The van der Waals surface area contributed by atoms with E-state index in [0.29, 0.717) is 23.5 Å². The van der Waals surface area contributed by atoms with Crippen LogP contribution in [0.5, 0.6) is 0 Å². The lowest BCUT2D eigenvalue weighted by Gasteiger charge is -2.25. The maximum atomic E-state index is 12.5. The summed E-state index contributed by atoms with van der Waals surface area (Å²) >= 11 is 1.31. The molecule has 3 aromatic rings. The highest BCUT2D eigenvalue weighted by molar-refractivity contribution is 7.10. The Morgan fingerprint density at radius 1 is 1.22 bits per heavy atom. The first kappa shape index (κ1) is 21.8. The number of carbonyl (C=O) groups is 3. The molecule has 3 N–H and O–H groups in total. The highest BCUT2D eigenvalue weighted by atomic mass is 32.1. The summed E-state index contributed by atoms with van der Waals surface area (Å²) in [6.07, 6.45) is 2.73. The third-order valence-electron chi connectivity index (χ3n) is 5.40. The number of carbonyl (C=O) groups excluding carboxylic acids is 3. The van der Waals surface area contributed by atoms with Crippen LogP contribution >= 0.6 is 11.3 Å². The van der Waals surface area contributed by atoms with Crippen LogP contribution in [0.1, 0.15) is 29.0 Å². The minimum Gasteiger partial charge on any atom is -0.466 e. The number of aryl methyl sites for hydroxylation is 1. The van der Waals surface area contributed by atoms with E-state index in [0.717, 1.165) is 17.7 Å². The van der Waals surface area contributed by atoms with Gasteiger partial charge in [-0.1, -0.05) is 12.1 Å². The minimum absolute atomic E-state index is 0.0418. The van der Waals surface area contributed by atoms with E-state index in [1.165, 1.54) is 17.6 Å². The van der Waals surface area contributed by atoms with E-state index in [-0.39, 0.29) is 18.2 Å². The highest BCUT2D eigenvalue weighted by Gasteiger charge is 2.36. The zero-order valence-electron chi connectivity index (χ0n) is 17.5. The van der Waals surface area contributed by atoms with Crippen molar-refractivity contribution in [2.45, 2.75) is 25.4 Å². The normalized spacial score (nSPS) is 15.4. The van der Waals surface area contributed by atoms with Gasteiger partial charge >= 0.3 is 11.8 Å². The second-order valence-electron chi connectivity index (χ2n) is 7.60. The fourth-order valence-electron chi connectivity index (χ4n) is 3.68. The summed E-state index contributed by atoms with van der Waals surface area (Å²) in [4.78, 5) is 39.3. The number of rotatable bonds is 6. The van der Waals surface area contributed by atoms with Crippen molar-refractivity contribution in [2.24, 2.45) is 0 Å². The molecule has 1 fully saturated rings. The number of aliphatic hydroxyl groups is 1. The van der Waals surface area contributed by atoms with Gasteiger partial charge in [0.25, 0.3) is 0 Å². The van der Waals surface area contributed by atoms with Crippen LogP contribution in [0.25, 0.3) is 0 Å². The number of thiophene rings is 1. The molecule has 9 heteroatoms. The molecule has 1 saturated heterocycles. The third-order valence-corrected chi connectivity index (χ3v) is 6.42. The number of hydrogen-bond donors (Lipinski definition) is 3. The molecule has 32 heavy (non-hydrogen) atoms. The zero-order valence-corrected chi connectivity index (χ0v) is 18.3. The third kappa shape index (κ3) is 4.30. The Labute approximate surface area is 188 Å². The molecule has 2 aromatic heterocycles. The monoisotopic (exact) mass is 453 g/mol. The lowest BCUT2D eigenvalue weighted by Crippen LogP contribution is -2.44. The van der Waals surface area contributed by atoms with Gasteiger partial charge < -0.3 is 25.1 Å². The molecule has 1 aliphatic heterocycles. The number of hydrogen-bond acceptors (Lipinski definition) is 6. The molecule has 1 unspecified atom stereocenters. The summed E-state index contributed by atoms with van der Waals surface area (Å²) in [5, 5.41) is 18.1. The molecule has 0 radical (unpaired) electrons. The molecular formula is C23H23N3O5S. The van der Waals surface area contributed by atoms with Crippen LogP contribution in [0.4, 0.5) is 11.4 Å². The molecule has 1 aliphatic rings. The first-order chi connectivity index (χ1) is 15.4. The van der Waals surface area contributed by atoms with Crippen LogP contribution < -0.4 is 15.5 Å². The number of nitrogens with zero attached hydrogens (tertiary/aromatic N) is 1. The average Bonchev–Trinajstić information content (AvgIpc) is 3.55. The van der Waals surface area contributed by atoms with E-state index in [9.17, 15) is 19.5 Å². The number of amides is 3. The second kappa shape index (κ2) is 8.97. The van der Waals surface area contributed by atoms with E-state index in [1.807, 2.05) is 6.92 Å². The predicted molar refractivity (Wildman–Crippen MR) is 120 cm³/mol. The SMILES string of the molecule is Cc1ccc(NC(=O)C(=O)NCC(O)(c2ccco2)c2cccs2)cc1N1CCCC1=O. The number of nitrogens with one attached hydrogen (secondary N) is 2. The smallest absolute Gasteiger partial charge is 0.313 e. The van der Waals surface area contributed by atoms with E-state index >= 15 is 0 Å². The molecule has 0 bridgehead atoms. The summed E-state index contributed by atoms with van der Waals surface area (Å²) < 4.78 is 5.37. The number of furan rings is 1. The van der Waals surface area contributed by atoms with Crippen molar-refractivity contribution in [3.05, 3.63) is 70.3 Å². The first-order valence-corrected chi connectivity index (χ1v) is 11.1. The number of benzene rings is 1. The molecule has 0 spiro atoms. The van der Waals surface area contributed by atoms with Crippen molar-refractivity contribution in [1.82, 2.24) is 5.32 Å². The van der Waals surface area contributed by atoms with Gasteiger partial charge in [0.05, 0.1) is 12.8 Å². The van der Waals surface area contributed by atoms with Crippen LogP contribution in [-0.2, 0) is 20.0 Å². The van der Waals surface area contributed by atoms with Crippen molar-refractivity contribution in [2.75, 3.05) is 23.3 Å². The molecule has 8 nitrogen and oxygen atoms in total. The average molecular weight is 454 g/mol. The van der Waals surface area contributed by atoms with Crippen LogP contribution in [0, 0.1) is 6.92 Å². The summed E-state index contributed by atoms with van der Waals surface area (Å²) in [6, 6.07) is 11.9. The topological polar surface area (TPSA) is 112 Å². The molecule has 3 heterocycles. The molecule has 0 aliphatic carbocycles. The Bertz CT molecular complexity index is 1090. The van der Waals surface area contributed by atoms with Crippen LogP contribution in [-0.4, -0.2) is 35.9 Å². The van der Waals surface area contributed by atoms with Crippen molar-refractivity contribution in [3.8, 4) is 0 Å². The van der Waals surface area contributed by atoms with E-state index in [4.69, 9.17) is 4.42 Å². The fourth-order valence-corrected chi connectivity index (χ4v) is 4.51. The molecule has 166 valence electrons. The Hall–Kier alpha value is -3.43. The molecule has 3 amide bonds. The lowest BCUT2D eigenvalue weighted by atomic mass is 9.98. The Kier molecular flexibility index (Phi) is 6.11. The van der Waals surface area contributed by atoms with Gasteiger partial charge in [-0.3, -0.25) is 14.4 Å². The first-order valence-electron chi connectivity index (χ1n) is 10.2. The van der Waals surface area contributed by atoms with Gasteiger partial charge in [0.1, 0.15) is 5.76 Å². The van der Waals surface area contributed by atoms with Crippen LogP contribution in [0.15, 0.2) is 58.5 Å². The molecule has 1 aromatic carbocycles. The predicted octanol–water partition coefficient (Wildman–Crippen LogP) is 2.77. The Morgan fingerprint density at radius 3 is 2.72 bits per heavy atom. The molecule has 4 rings (SSSR count). The molecule has 1 atom stereocenters. The summed E-state index contributed by atoms with van der Waals surface area (Å²) in [5.41, 5.74) is 0.434. The summed E-state index contributed by atoms with van der Waals surface area (Å²) in [6.45, 7) is 2.28. The zero-order chi connectivity index (χ0) is 22.7. The molecule has 0 saturated carbocycles.